The summed E-state index contributed by atoms with van der Waals surface area (Å²) in [5.74, 6) is 1.52. The van der Waals surface area contributed by atoms with Crippen molar-refractivity contribution in [2.24, 2.45) is 5.92 Å². The van der Waals surface area contributed by atoms with E-state index in [2.05, 4.69) is 23.3 Å². The molecular formula is C16H23N3S. The Balaban J connectivity index is 1.86. The van der Waals surface area contributed by atoms with Gasteiger partial charge in [-0.3, -0.25) is 5.32 Å². The number of aromatic nitrogens is 1. The second kappa shape index (κ2) is 7.66. The summed E-state index contributed by atoms with van der Waals surface area (Å²) in [4.78, 5) is 4.33. The molecule has 1 fully saturated rings. The molecule has 0 saturated heterocycles. The molecule has 0 radical (unpaired) electrons. The lowest BCUT2D eigenvalue weighted by Crippen LogP contribution is -2.47. The van der Waals surface area contributed by atoms with Crippen LogP contribution in [0, 0.1) is 17.2 Å². The summed E-state index contributed by atoms with van der Waals surface area (Å²) >= 11 is 1.79. The molecule has 1 aromatic rings. The van der Waals surface area contributed by atoms with Crippen LogP contribution < -0.4 is 5.32 Å². The summed E-state index contributed by atoms with van der Waals surface area (Å²) in [6.07, 6.45) is 7.35. The van der Waals surface area contributed by atoms with Crippen LogP contribution in [0.5, 0.6) is 0 Å². The van der Waals surface area contributed by atoms with E-state index in [0.29, 0.717) is 5.92 Å². The third kappa shape index (κ3) is 3.74. The predicted octanol–water partition coefficient (Wildman–Crippen LogP) is 3.63. The van der Waals surface area contributed by atoms with E-state index < -0.39 is 0 Å². The Morgan fingerprint density at radius 2 is 2.45 bits per heavy atom. The number of nitrogens with zero attached hydrogens (tertiary/aromatic N) is 2. The minimum absolute atomic E-state index is 0.277. The standard InChI is InChI=1S/C16H23N3S/c1-2-10-19-16(13-17)9-5-6-14(16)8-12-20-15-7-3-4-11-18-15/h3-4,7,11,14,19H,2,5-6,8-10,12H2,1H3. The molecule has 1 aromatic heterocycles. The molecule has 4 heteroatoms. The van der Waals surface area contributed by atoms with Crippen molar-refractivity contribution >= 4 is 11.8 Å². The van der Waals surface area contributed by atoms with Crippen molar-refractivity contribution < 1.29 is 0 Å². The highest BCUT2D eigenvalue weighted by Crippen LogP contribution is 2.38. The fraction of sp³-hybridized carbons (Fsp3) is 0.625. The Labute approximate surface area is 126 Å². The molecule has 2 atom stereocenters. The van der Waals surface area contributed by atoms with Gasteiger partial charge in [0.25, 0.3) is 0 Å². The topological polar surface area (TPSA) is 48.7 Å². The van der Waals surface area contributed by atoms with Crippen LogP contribution in [0.3, 0.4) is 0 Å². The molecule has 0 aliphatic heterocycles. The quantitative estimate of drug-likeness (QED) is 0.779. The Kier molecular flexibility index (Phi) is 5.87. The van der Waals surface area contributed by atoms with E-state index in [9.17, 15) is 5.26 Å². The summed E-state index contributed by atoms with van der Waals surface area (Å²) in [6.45, 7) is 3.09. The third-order valence-electron chi connectivity index (χ3n) is 4.06. The molecule has 0 amide bonds. The highest BCUT2D eigenvalue weighted by molar-refractivity contribution is 7.99. The minimum atomic E-state index is -0.277. The highest BCUT2D eigenvalue weighted by atomic mass is 32.2. The molecule has 20 heavy (non-hydrogen) atoms. The van der Waals surface area contributed by atoms with Gasteiger partial charge in [-0.25, -0.2) is 4.98 Å². The van der Waals surface area contributed by atoms with Gasteiger partial charge in [-0.05, 0) is 56.0 Å². The van der Waals surface area contributed by atoms with Gasteiger partial charge in [0.15, 0.2) is 0 Å². The second-order valence-electron chi connectivity index (χ2n) is 5.40. The van der Waals surface area contributed by atoms with Crippen molar-refractivity contribution in [1.82, 2.24) is 10.3 Å². The van der Waals surface area contributed by atoms with Crippen LogP contribution >= 0.6 is 11.8 Å². The highest BCUT2D eigenvalue weighted by Gasteiger charge is 2.42. The number of nitriles is 1. The zero-order valence-electron chi connectivity index (χ0n) is 12.1. The van der Waals surface area contributed by atoms with Gasteiger partial charge < -0.3 is 0 Å². The Morgan fingerprint density at radius 1 is 1.55 bits per heavy atom. The fourth-order valence-corrected chi connectivity index (χ4v) is 3.90. The first-order valence-electron chi connectivity index (χ1n) is 7.51. The van der Waals surface area contributed by atoms with E-state index in [0.717, 1.165) is 36.6 Å². The fourth-order valence-electron chi connectivity index (χ4n) is 2.97. The molecule has 108 valence electrons. The van der Waals surface area contributed by atoms with Crippen LogP contribution in [0.15, 0.2) is 29.4 Å². The maximum atomic E-state index is 9.60. The summed E-state index contributed by atoms with van der Waals surface area (Å²) < 4.78 is 0. The first-order valence-corrected chi connectivity index (χ1v) is 8.49. The summed E-state index contributed by atoms with van der Waals surface area (Å²) in [6, 6.07) is 8.58. The van der Waals surface area contributed by atoms with Gasteiger partial charge in [0.2, 0.25) is 0 Å². The van der Waals surface area contributed by atoms with E-state index in [1.54, 1.807) is 11.8 Å². The SMILES string of the molecule is CCCNC1(C#N)CCCC1CCSc1ccccn1. The Morgan fingerprint density at radius 3 is 3.15 bits per heavy atom. The molecule has 2 unspecified atom stereocenters. The van der Waals surface area contributed by atoms with Crippen LogP contribution in [0.25, 0.3) is 0 Å². The van der Waals surface area contributed by atoms with Gasteiger partial charge in [0.1, 0.15) is 5.54 Å². The van der Waals surface area contributed by atoms with Crippen molar-refractivity contribution in [2.45, 2.75) is 49.6 Å². The predicted molar refractivity (Wildman–Crippen MR) is 83.6 cm³/mol. The minimum Gasteiger partial charge on any atom is -0.299 e. The Bertz CT molecular complexity index is 443. The zero-order chi connectivity index (χ0) is 14.3. The smallest absolute Gasteiger partial charge is 0.109 e. The number of rotatable bonds is 7. The van der Waals surface area contributed by atoms with E-state index in [1.165, 1.54) is 12.8 Å². The molecule has 0 spiro atoms. The van der Waals surface area contributed by atoms with Crippen molar-refractivity contribution in [3.8, 4) is 6.07 Å². The summed E-state index contributed by atoms with van der Waals surface area (Å²) in [5, 5.41) is 14.2. The lowest BCUT2D eigenvalue weighted by Gasteiger charge is -2.29. The maximum Gasteiger partial charge on any atom is 0.109 e. The Hall–Kier alpha value is -1.05. The zero-order valence-corrected chi connectivity index (χ0v) is 13.0. The molecular weight excluding hydrogens is 266 g/mol. The summed E-state index contributed by atoms with van der Waals surface area (Å²) in [5.41, 5.74) is -0.277. The van der Waals surface area contributed by atoms with Gasteiger partial charge >= 0.3 is 0 Å². The van der Waals surface area contributed by atoms with Crippen LogP contribution in [0.1, 0.15) is 39.0 Å². The molecule has 1 aliphatic carbocycles. The number of thioether (sulfide) groups is 1. The van der Waals surface area contributed by atoms with Gasteiger partial charge in [0.05, 0.1) is 11.1 Å². The normalized spacial score (nSPS) is 25.5. The van der Waals surface area contributed by atoms with Gasteiger partial charge in [0, 0.05) is 6.20 Å². The first kappa shape index (κ1) is 15.3. The molecule has 0 aromatic carbocycles. The van der Waals surface area contributed by atoms with E-state index in [-0.39, 0.29) is 5.54 Å². The number of hydrogen-bond donors (Lipinski definition) is 1. The first-order chi connectivity index (χ1) is 9.80. The van der Waals surface area contributed by atoms with Crippen LogP contribution in [-0.4, -0.2) is 22.8 Å². The molecule has 0 bridgehead atoms. The second-order valence-corrected chi connectivity index (χ2v) is 6.52. The van der Waals surface area contributed by atoms with Crippen molar-refractivity contribution in [3.63, 3.8) is 0 Å². The average molecular weight is 289 g/mol. The van der Waals surface area contributed by atoms with Crippen molar-refractivity contribution in [1.29, 1.82) is 5.26 Å². The molecule has 1 aliphatic rings. The van der Waals surface area contributed by atoms with Gasteiger partial charge in [-0.2, -0.15) is 5.26 Å². The van der Waals surface area contributed by atoms with E-state index in [4.69, 9.17) is 0 Å². The van der Waals surface area contributed by atoms with Crippen molar-refractivity contribution in [2.75, 3.05) is 12.3 Å². The number of hydrogen-bond acceptors (Lipinski definition) is 4. The maximum absolute atomic E-state index is 9.60. The van der Waals surface area contributed by atoms with Gasteiger partial charge in [-0.15, -0.1) is 11.8 Å². The lowest BCUT2D eigenvalue weighted by atomic mass is 9.86. The average Bonchev–Trinajstić information content (AvgIpc) is 2.90. The lowest BCUT2D eigenvalue weighted by molar-refractivity contribution is 0.311. The number of pyridine rings is 1. The van der Waals surface area contributed by atoms with Crippen LogP contribution in [-0.2, 0) is 0 Å². The number of nitrogens with one attached hydrogen (secondary N) is 1. The third-order valence-corrected chi connectivity index (χ3v) is 5.04. The van der Waals surface area contributed by atoms with E-state index >= 15 is 0 Å². The van der Waals surface area contributed by atoms with E-state index in [1.807, 2.05) is 24.4 Å². The molecule has 1 saturated carbocycles. The monoisotopic (exact) mass is 289 g/mol. The molecule has 3 nitrogen and oxygen atoms in total. The molecule has 1 heterocycles. The summed E-state index contributed by atoms with van der Waals surface area (Å²) in [7, 11) is 0. The van der Waals surface area contributed by atoms with Gasteiger partial charge in [-0.1, -0.05) is 19.4 Å². The van der Waals surface area contributed by atoms with Crippen molar-refractivity contribution in [3.05, 3.63) is 24.4 Å². The largest absolute Gasteiger partial charge is 0.299 e. The molecule has 1 N–H and O–H groups in total. The van der Waals surface area contributed by atoms with Crippen LogP contribution in [0.2, 0.25) is 0 Å². The van der Waals surface area contributed by atoms with Crippen LogP contribution in [0.4, 0.5) is 0 Å². The molecule has 2 rings (SSSR count).